The summed E-state index contributed by atoms with van der Waals surface area (Å²) in [5.41, 5.74) is 0.314. The molecule has 0 aliphatic rings. The molecular weight excluding hydrogens is 321 g/mol. The fourth-order valence-electron chi connectivity index (χ4n) is 2.47. The lowest BCUT2D eigenvalue weighted by Crippen LogP contribution is -2.47. The summed E-state index contributed by atoms with van der Waals surface area (Å²) in [4.78, 5) is 14.4. The molecule has 25 heavy (non-hydrogen) atoms. The van der Waals surface area contributed by atoms with Crippen LogP contribution < -0.4 is 9.47 Å². The molecule has 1 amide bonds. The van der Waals surface area contributed by atoms with Crippen molar-refractivity contribution in [3.63, 3.8) is 0 Å². The molecule has 0 N–H and O–H groups in total. The number of halogens is 1. The molecule has 134 valence electrons. The predicted molar refractivity (Wildman–Crippen MR) is 95.2 cm³/mol. The zero-order valence-corrected chi connectivity index (χ0v) is 15.1. The lowest BCUT2D eigenvalue weighted by molar-refractivity contribution is -0.139. The molecule has 0 aliphatic heterocycles. The minimum absolute atomic E-state index is 0.118. The molecule has 2 aromatic carbocycles. The Labute approximate surface area is 148 Å². The average Bonchev–Trinajstić information content (AvgIpc) is 2.57. The quantitative estimate of drug-likeness (QED) is 0.793. The highest BCUT2D eigenvalue weighted by molar-refractivity contribution is 5.78. The molecule has 0 atom stereocenters. The van der Waals surface area contributed by atoms with Crippen LogP contribution in [0.4, 0.5) is 4.39 Å². The second-order valence-electron chi connectivity index (χ2n) is 6.72. The maximum absolute atomic E-state index is 13.4. The van der Waals surface area contributed by atoms with Crippen molar-refractivity contribution in [1.29, 1.82) is 0 Å². The number of para-hydroxylation sites is 2. The fourth-order valence-corrected chi connectivity index (χ4v) is 2.47. The first-order valence-electron chi connectivity index (χ1n) is 8.12. The van der Waals surface area contributed by atoms with Gasteiger partial charge in [-0.2, -0.15) is 0 Å². The minimum atomic E-state index is -0.423. The lowest BCUT2D eigenvalue weighted by atomic mass is 10.0. The Hall–Kier alpha value is -2.56. The number of rotatable bonds is 6. The number of carbonyl (C=O) groups excluding carboxylic acids is 1. The minimum Gasteiger partial charge on any atom is -0.493 e. The van der Waals surface area contributed by atoms with Crippen LogP contribution in [0, 0.1) is 5.82 Å². The maximum atomic E-state index is 13.4. The van der Waals surface area contributed by atoms with E-state index >= 15 is 0 Å². The monoisotopic (exact) mass is 345 g/mol. The second-order valence-corrected chi connectivity index (χ2v) is 6.72. The van der Waals surface area contributed by atoms with Gasteiger partial charge < -0.3 is 14.4 Å². The molecule has 0 radical (unpaired) electrons. The molecule has 0 spiro atoms. The summed E-state index contributed by atoms with van der Waals surface area (Å²) in [6.45, 7) is 6.01. The Bertz CT molecular complexity index is 725. The summed E-state index contributed by atoms with van der Waals surface area (Å²) in [6.07, 6.45) is 0. The van der Waals surface area contributed by atoms with Gasteiger partial charge in [-0.15, -0.1) is 0 Å². The van der Waals surface area contributed by atoms with Gasteiger partial charge in [-0.05, 0) is 50.6 Å². The highest BCUT2D eigenvalue weighted by Crippen LogP contribution is 2.26. The molecule has 0 fully saturated rings. The summed E-state index contributed by atoms with van der Waals surface area (Å²) < 4.78 is 24.3. The number of benzene rings is 2. The van der Waals surface area contributed by atoms with E-state index < -0.39 is 5.54 Å². The van der Waals surface area contributed by atoms with Gasteiger partial charge in [-0.25, -0.2) is 4.39 Å². The lowest BCUT2D eigenvalue weighted by Gasteiger charge is -2.36. The first-order chi connectivity index (χ1) is 11.8. The first-order valence-corrected chi connectivity index (χ1v) is 8.12. The molecule has 0 saturated carbocycles. The van der Waals surface area contributed by atoms with E-state index in [2.05, 4.69) is 0 Å². The molecule has 0 aliphatic carbocycles. The maximum Gasteiger partial charge on any atom is 0.261 e. The SMILES string of the molecule is COc1ccccc1OCC(=O)N(Cc1cccc(F)c1)C(C)(C)C. The van der Waals surface area contributed by atoms with Gasteiger partial charge in [0.1, 0.15) is 5.82 Å². The van der Waals surface area contributed by atoms with E-state index in [1.54, 1.807) is 36.3 Å². The van der Waals surface area contributed by atoms with E-state index in [0.717, 1.165) is 5.56 Å². The summed E-state index contributed by atoms with van der Waals surface area (Å²) in [7, 11) is 1.55. The van der Waals surface area contributed by atoms with E-state index in [1.165, 1.54) is 12.1 Å². The normalized spacial score (nSPS) is 11.1. The van der Waals surface area contributed by atoms with Crippen LogP contribution >= 0.6 is 0 Å². The van der Waals surface area contributed by atoms with Crippen molar-refractivity contribution in [2.24, 2.45) is 0 Å². The Balaban J connectivity index is 2.11. The summed E-state index contributed by atoms with van der Waals surface area (Å²) >= 11 is 0. The molecule has 4 nitrogen and oxygen atoms in total. The standard InChI is InChI=1S/C20H24FNO3/c1-20(2,3)22(13-15-8-7-9-16(21)12-15)19(23)14-25-18-11-6-5-10-17(18)24-4/h5-12H,13-14H2,1-4H3. The van der Waals surface area contributed by atoms with Gasteiger partial charge in [0, 0.05) is 12.1 Å². The van der Waals surface area contributed by atoms with E-state index in [9.17, 15) is 9.18 Å². The Morgan fingerprint density at radius 3 is 2.36 bits per heavy atom. The van der Waals surface area contributed by atoms with Crippen molar-refractivity contribution in [2.45, 2.75) is 32.9 Å². The largest absolute Gasteiger partial charge is 0.493 e. The molecule has 0 aromatic heterocycles. The van der Waals surface area contributed by atoms with Crippen molar-refractivity contribution >= 4 is 5.91 Å². The number of ether oxygens (including phenoxy) is 2. The van der Waals surface area contributed by atoms with Crippen molar-refractivity contribution < 1.29 is 18.7 Å². The number of methoxy groups -OCH3 is 1. The van der Waals surface area contributed by atoms with E-state index in [-0.39, 0.29) is 18.3 Å². The van der Waals surface area contributed by atoms with Crippen molar-refractivity contribution in [2.75, 3.05) is 13.7 Å². The number of nitrogens with zero attached hydrogens (tertiary/aromatic N) is 1. The molecule has 0 heterocycles. The molecule has 0 saturated heterocycles. The van der Waals surface area contributed by atoms with Crippen molar-refractivity contribution in [1.82, 2.24) is 4.90 Å². The van der Waals surface area contributed by atoms with Crippen LogP contribution in [0.15, 0.2) is 48.5 Å². The summed E-state index contributed by atoms with van der Waals surface area (Å²) in [5, 5.41) is 0. The summed E-state index contributed by atoms with van der Waals surface area (Å²) in [6, 6.07) is 13.4. The topological polar surface area (TPSA) is 38.8 Å². The van der Waals surface area contributed by atoms with E-state index in [4.69, 9.17) is 9.47 Å². The van der Waals surface area contributed by atoms with Crippen molar-refractivity contribution in [3.05, 3.63) is 59.9 Å². The number of carbonyl (C=O) groups is 1. The van der Waals surface area contributed by atoms with Crippen LogP contribution in [0.25, 0.3) is 0 Å². The van der Waals surface area contributed by atoms with E-state index in [1.807, 2.05) is 32.9 Å². The highest BCUT2D eigenvalue weighted by Gasteiger charge is 2.27. The molecular formula is C20H24FNO3. The molecule has 0 unspecified atom stereocenters. The summed E-state index contributed by atoms with van der Waals surface area (Å²) in [5.74, 6) is 0.590. The third-order valence-corrected chi connectivity index (χ3v) is 3.76. The molecule has 5 heteroatoms. The van der Waals surface area contributed by atoms with Gasteiger partial charge in [0.15, 0.2) is 18.1 Å². The molecule has 0 bridgehead atoms. The predicted octanol–water partition coefficient (Wildman–Crippen LogP) is 4.04. The van der Waals surface area contributed by atoms with Gasteiger partial charge in [0.25, 0.3) is 5.91 Å². The number of amides is 1. The van der Waals surface area contributed by atoms with Crippen LogP contribution in [0.5, 0.6) is 11.5 Å². The van der Waals surface area contributed by atoms with Crippen LogP contribution in [0.2, 0.25) is 0 Å². The first kappa shape index (κ1) is 18.8. The number of hydrogen-bond donors (Lipinski definition) is 0. The third-order valence-electron chi connectivity index (χ3n) is 3.76. The van der Waals surface area contributed by atoms with Crippen LogP contribution in [0.1, 0.15) is 26.3 Å². The second kappa shape index (κ2) is 8.01. The van der Waals surface area contributed by atoms with Crippen LogP contribution in [-0.4, -0.2) is 30.1 Å². The van der Waals surface area contributed by atoms with Crippen molar-refractivity contribution in [3.8, 4) is 11.5 Å². The van der Waals surface area contributed by atoms with Gasteiger partial charge >= 0.3 is 0 Å². The Morgan fingerprint density at radius 1 is 1.08 bits per heavy atom. The van der Waals surface area contributed by atoms with Crippen LogP contribution in [0.3, 0.4) is 0 Å². The fraction of sp³-hybridized carbons (Fsp3) is 0.350. The average molecular weight is 345 g/mol. The van der Waals surface area contributed by atoms with Gasteiger partial charge in [0.2, 0.25) is 0 Å². The molecule has 2 rings (SSSR count). The zero-order valence-electron chi connectivity index (χ0n) is 15.1. The highest BCUT2D eigenvalue weighted by atomic mass is 19.1. The van der Waals surface area contributed by atoms with Crippen LogP contribution in [-0.2, 0) is 11.3 Å². The smallest absolute Gasteiger partial charge is 0.261 e. The van der Waals surface area contributed by atoms with Gasteiger partial charge in [-0.3, -0.25) is 4.79 Å². The molecule has 2 aromatic rings. The third kappa shape index (κ3) is 5.21. The van der Waals surface area contributed by atoms with Gasteiger partial charge in [-0.1, -0.05) is 24.3 Å². The zero-order chi connectivity index (χ0) is 18.4. The Morgan fingerprint density at radius 2 is 1.76 bits per heavy atom. The number of hydrogen-bond acceptors (Lipinski definition) is 3. The van der Waals surface area contributed by atoms with Gasteiger partial charge in [0.05, 0.1) is 7.11 Å². The van der Waals surface area contributed by atoms with E-state index in [0.29, 0.717) is 18.0 Å². The Kier molecular flexibility index (Phi) is 6.02.